The van der Waals surface area contributed by atoms with Crippen LogP contribution in [0.15, 0.2) is 60.8 Å². The van der Waals surface area contributed by atoms with Crippen molar-refractivity contribution in [3.63, 3.8) is 0 Å². The number of hydrogen-bond donors (Lipinski definition) is 2. The number of para-hydroxylation sites is 2. The summed E-state index contributed by atoms with van der Waals surface area (Å²) in [6.45, 7) is 2.94. The number of rotatable bonds is 10. The van der Waals surface area contributed by atoms with Crippen molar-refractivity contribution in [3.05, 3.63) is 71.9 Å². The van der Waals surface area contributed by atoms with Crippen molar-refractivity contribution < 1.29 is 19.0 Å². The second kappa shape index (κ2) is 10.9. The Morgan fingerprint density at radius 2 is 1.77 bits per heavy atom. The van der Waals surface area contributed by atoms with E-state index in [0.717, 1.165) is 11.3 Å². The Balaban J connectivity index is 1.67. The zero-order valence-corrected chi connectivity index (χ0v) is 18.0. The summed E-state index contributed by atoms with van der Waals surface area (Å²) in [5.74, 6) is 2.31. The van der Waals surface area contributed by atoms with Gasteiger partial charge in [0.2, 0.25) is 0 Å². The van der Waals surface area contributed by atoms with Gasteiger partial charge in [0.15, 0.2) is 11.5 Å². The Hall–Kier alpha value is -3.74. The predicted molar refractivity (Wildman–Crippen MR) is 121 cm³/mol. The van der Waals surface area contributed by atoms with E-state index in [0.29, 0.717) is 48.2 Å². The second-order valence-corrected chi connectivity index (χ2v) is 6.65. The molecule has 0 atom stereocenters. The number of pyridine rings is 1. The van der Waals surface area contributed by atoms with Crippen molar-refractivity contribution in [1.82, 2.24) is 10.3 Å². The van der Waals surface area contributed by atoms with E-state index in [1.807, 2.05) is 49.4 Å². The van der Waals surface area contributed by atoms with Crippen LogP contribution < -0.4 is 24.8 Å². The number of ether oxygens (including phenoxy) is 3. The number of hydrogen-bond acceptors (Lipinski definition) is 6. The minimum atomic E-state index is -0.204. The van der Waals surface area contributed by atoms with Crippen LogP contribution in [0, 0.1) is 0 Å². The van der Waals surface area contributed by atoms with Crippen molar-refractivity contribution in [2.24, 2.45) is 0 Å². The van der Waals surface area contributed by atoms with E-state index in [9.17, 15) is 4.79 Å². The molecule has 0 aliphatic rings. The number of anilines is 2. The lowest BCUT2D eigenvalue weighted by Crippen LogP contribution is -2.26. The number of aromatic nitrogens is 1. The summed E-state index contributed by atoms with van der Waals surface area (Å²) in [5.41, 5.74) is 2.25. The quantitative estimate of drug-likeness (QED) is 0.510. The summed E-state index contributed by atoms with van der Waals surface area (Å²) in [7, 11) is 3.20. The van der Waals surface area contributed by atoms with Gasteiger partial charge in [0.25, 0.3) is 5.91 Å². The Morgan fingerprint density at radius 1 is 0.968 bits per heavy atom. The number of carbonyl (C=O) groups excluding carboxylic acids is 1. The standard InChI is InChI=1S/C24H27N3O4/c1-4-31-20-10-6-5-9-19(20)27-23-18(8-7-14-25-23)24(28)26-15-13-17-11-12-21(29-2)22(16-17)30-3/h5-12,14,16H,4,13,15H2,1-3H3,(H,25,27)(H,26,28). The van der Waals surface area contributed by atoms with Crippen LogP contribution >= 0.6 is 0 Å². The minimum absolute atomic E-state index is 0.204. The highest BCUT2D eigenvalue weighted by Gasteiger charge is 2.14. The Labute approximate surface area is 182 Å². The predicted octanol–water partition coefficient (Wildman–Crippen LogP) is 4.21. The van der Waals surface area contributed by atoms with Gasteiger partial charge in [-0.15, -0.1) is 0 Å². The fraction of sp³-hybridized carbons (Fsp3) is 0.250. The molecular formula is C24H27N3O4. The fourth-order valence-electron chi connectivity index (χ4n) is 3.12. The first-order valence-corrected chi connectivity index (χ1v) is 10.1. The van der Waals surface area contributed by atoms with Crippen molar-refractivity contribution in [1.29, 1.82) is 0 Å². The van der Waals surface area contributed by atoms with E-state index >= 15 is 0 Å². The molecule has 2 aromatic carbocycles. The zero-order chi connectivity index (χ0) is 22.1. The van der Waals surface area contributed by atoms with Crippen LogP contribution in [-0.2, 0) is 6.42 Å². The van der Waals surface area contributed by atoms with Gasteiger partial charge in [-0.1, -0.05) is 18.2 Å². The highest BCUT2D eigenvalue weighted by molar-refractivity contribution is 5.99. The molecule has 7 nitrogen and oxygen atoms in total. The molecule has 0 unspecified atom stereocenters. The van der Waals surface area contributed by atoms with Crippen LogP contribution in [0.25, 0.3) is 0 Å². The van der Waals surface area contributed by atoms with Crippen molar-refractivity contribution in [3.8, 4) is 17.2 Å². The van der Waals surface area contributed by atoms with Gasteiger partial charge in [0.1, 0.15) is 11.6 Å². The summed E-state index contributed by atoms with van der Waals surface area (Å²) in [6.07, 6.45) is 2.30. The molecule has 31 heavy (non-hydrogen) atoms. The number of benzene rings is 2. The van der Waals surface area contributed by atoms with Crippen LogP contribution in [0.4, 0.5) is 11.5 Å². The van der Waals surface area contributed by atoms with Crippen LogP contribution in [-0.4, -0.2) is 38.3 Å². The molecule has 0 aliphatic heterocycles. The summed E-state index contributed by atoms with van der Waals surface area (Å²) >= 11 is 0. The van der Waals surface area contributed by atoms with Gasteiger partial charge in [0, 0.05) is 12.7 Å². The molecule has 1 heterocycles. The van der Waals surface area contributed by atoms with Gasteiger partial charge < -0.3 is 24.8 Å². The molecule has 3 aromatic rings. The summed E-state index contributed by atoms with van der Waals surface area (Å²) in [4.78, 5) is 17.2. The number of nitrogens with one attached hydrogen (secondary N) is 2. The molecule has 1 amide bonds. The van der Waals surface area contributed by atoms with E-state index in [4.69, 9.17) is 14.2 Å². The van der Waals surface area contributed by atoms with Gasteiger partial charge in [-0.2, -0.15) is 0 Å². The molecule has 0 spiro atoms. The third-order valence-corrected chi connectivity index (χ3v) is 4.64. The summed E-state index contributed by atoms with van der Waals surface area (Å²) in [5, 5.41) is 6.17. The molecule has 7 heteroatoms. The number of nitrogens with zero attached hydrogens (tertiary/aromatic N) is 1. The lowest BCUT2D eigenvalue weighted by atomic mass is 10.1. The van der Waals surface area contributed by atoms with Gasteiger partial charge in [-0.05, 0) is 55.3 Å². The molecule has 2 N–H and O–H groups in total. The van der Waals surface area contributed by atoms with Crippen molar-refractivity contribution in [2.75, 3.05) is 32.7 Å². The lowest BCUT2D eigenvalue weighted by molar-refractivity contribution is 0.0954. The van der Waals surface area contributed by atoms with E-state index < -0.39 is 0 Å². The molecule has 0 aliphatic carbocycles. The summed E-state index contributed by atoms with van der Waals surface area (Å²) in [6, 6.07) is 16.8. The Kier molecular flexibility index (Phi) is 7.70. The van der Waals surface area contributed by atoms with E-state index in [1.165, 1.54) is 0 Å². The average Bonchev–Trinajstić information content (AvgIpc) is 2.80. The van der Waals surface area contributed by atoms with E-state index in [-0.39, 0.29) is 5.91 Å². The topological polar surface area (TPSA) is 81.7 Å². The van der Waals surface area contributed by atoms with Crippen LogP contribution in [0.3, 0.4) is 0 Å². The molecule has 0 fully saturated rings. The molecule has 3 rings (SSSR count). The number of amides is 1. The third kappa shape index (κ3) is 5.66. The molecule has 0 bridgehead atoms. The van der Waals surface area contributed by atoms with Gasteiger partial charge in [-0.25, -0.2) is 4.98 Å². The lowest BCUT2D eigenvalue weighted by Gasteiger charge is -2.14. The van der Waals surface area contributed by atoms with Crippen molar-refractivity contribution in [2.45, 2.75) is 13.3 Å². The first-order valence-electron chi connectivity index (χ1n) is 10.1. The maximum absolute atomic E-state index is 12.8. The normalized spacial score (nSPS) is 10.3. The maximum atomic E-state index is 12.8. The smallest absolute Gasteiger partial charge is 0.255 e. The zero-order valence-electron chi connectivity index (χ0n) is 18.0. The molecular weight excluding hydrogens is 394 g/mol. The van der Waals surface area contributed by atoms with Gasteiger partial charge in [-0.3, -0.25) is 4.79 Å². The van der Waals surface area contributed by atoms with Crippen LogP contribution in [0.5, 0.6) is 17.2 Å². The van der Waals surface area contributed by atoms with Crippen LogP contribution in [0.2, 0.25) is 0 Å². The molecule has 162 valence electrons. The molecule has 0 saturated heterocycles. The summed E-state index contributed by atoms with van der Waals surface area (Å²) < 4.78 is 16.2. The first kappa shape index (κ1) is 22.0. The first-order chi connectivity index (χ1) is 15.2. The molecule has 0 radical (unpaired) electrons. The monoisotopic (exact) mass is 421 g/mol. The second-order valence-electron chi connectivity index (χ2n) is 6.65. The van der Waals surface area contributed by atoms with E-state index in [1.54, 1.807) is 32.5 Å². The van der Waals surface area contributed by atoms with Crippen LogP contribution in [0.1, 0.15) is 22.8 Å². The van der Waals surface area contributed by atoms with Crippen molar-refractivity contribution >= 4 is 17.4 Å². The Morgan fingerprint density at radius 3 is 2.55 bits per heavy atom. The highest BCUT2D eigenvalue weighted by atomic mass is 16.5. The van der Waals surface area contributed by atoms with Gasteiger partial charge >= 0.3 is 0 Å². The third-order valence-electron chi connectivity index (χ3n) is 4.64. The minimum Gasteiger partial charge on any atom is -0.493 e. The Bertz CT molecular complexity index is 1020. The van der Waals surface area contributed by atoms with Gasteiger partial charge in [0.05, 0.1) is 32.1 Å². The molecule has 1 aromatic heterocycles. The average molecular weight is 421 g/mol. The maximum Gasteiger partial charge on any atom is 0.255 e. The van der Waals surface area contributed by atoms with E-state index in [2.05, 4.69) is 15.6 Å². The SMILES string of the molecule is CCOc1ccccc1Nc1ncccc1C(=O)NCCc1ccc(OC)c(OC)c1. The fourth-order valence-corrected chi connectivity index (χ4v) is 3.12. The largest absolute Gasteiger partial charge is 0.493 e. The number of carbonyl (C=O) groups is 1. The highest BCUT2D eigenvalue weighted by Crippen LogP contribution is 2.29. The molecule has 0 saturated carbocycles. The number of methoxy groups -OCH3 is 2.